The number of hydrogen-bond donors (Lipinski definition) is 1. The highest BCUT2D eigenvalue weighted by molar-refractivity contribution is 5.85. The third-order valence-electron chi connectivity index (χ3n) is 2.72. The average Bonchev–Trinajstić information content (AvgIpc) is 2.27. The van der Waals surface area contributed by atoms with Crippen LogP contribution in [-0.4, -0.2) is 68.7 Å². The Bertz CT molecular complexity index is 235. The van der Waals surface area contributed by atoms with Crippen LogP contribution in [0.1, 0.15) is 0 Å². The highest BCUT2D eigenvalue weighted by atomic mass is 16.5. The van der Waals surface area contributed by atoms with Crippen molar-refractivity contribution in [1.82, 2.24) is 9.80 Å². The molecule has 0 aromatic carbocycles. The van der Waals surface area contributed by atoms with Gasteiger partial charge in [-0.1, -0.05) is 6.08 Å². The van der Waals surface area contributed by atoms with Crippen molar-refractivity contribution in [2.45, 2.75) is 0 Å². The molecule has 0 unspecified atom stereocenters. The van der Waals surface area contributed by atoms with Crippen molar-refractivity contribution in [2.75, 3.05) is 53.0 Å². The zero-order valence-electron chi connectivity index (χ0n) is 9.89. The number of nitrogens with two attached hydrogens (primary N) is 1. The van der Waals surface area contributed by atoms with Crippen molar-refractivity contribution in [3.63, 3.8) is 0 Å². The Kier molecular flexibility index (Phi) is 6.07. The summed E-state index contributed by atoms with van der Waals surface area (Å²) in [6, 6.07) is 0. The number of nitrogens with zero attached hydrogens (tertiary/aromatic N) is 2. The highest BCUT2D eigenvalue weighted by Crippen LogP contribution is 2.01. The van der Waals surface area contributed by atoms with Crippen LogP contribution in [0.15, 0.2) is 12.2 Å². The molecular formula is C11H21N3O2. The van der Waals surface area contributed by atoms with Gasteiger partial charge in [0.05, 0.1) is 6.61 Å². The Morgan fingerprint density at radius 2 is 1.94 bits per heavy atom. The molecule has 0 atom stereocenters. The first-order chi connectivity index (χ1) is 7.72. The van der Waals surface area contributed by atoms with E-state index in [4.69, 9.17) is 10.5 Å². The Labute approximate surface area is 96.8 Å². The number of rotatable bonds is 6. The quantitative estimate of drug-likeness (QED) is 0.609. The van der Waals surface area contributed by atoms with Crippen LogP contribution in [0.3, 0.4) is 0 Å². The molecule has 1 rings (SSSR count). The fourth-order valence-electron chi connectivity index (χ4n) is 1.73. The van der Waals surface area contributed by atoms with E-state index in [1.165, 1.54) is 6.08 Å². The summed E-state index contributed by atoms with van der Waals surface area (Å²) in [5, 5.41) is 0. The van der Waals surface area contributed by atoms with Crippen molar-refractivity contribution >= 4 is 5.91 Å². The molecule has 1 amide bonds. The van der Waals surface area contributed by atoms with Gasteiger partial charge in [-0.3, -0.25) is 14.6 Å². The molecule has 16 heavy (non-hydrogen) atoms. The first kappa shape index (κ1) is 13.2. The zero-order valence-corrected chi connectivity index (χ0v) is 9.89. The molecule has 2 N–H and O–H groups in total. The monoisotopic (exact) mass is 227 g/mol. The molecule has 5 heteroatoms. The summed E-state index contributed by atoms with van der Waals surface area (Å²) in [6.07, 6.45) is 3.25. The maximum atomic E-state index is 10.5. The second-order valence-electron chi connectivity index (χ2n) is 3.94. The number of carbonyl (C=O) groups is 1. The molecule has 92 valence electrons. The van der Waals surface area contributed by atoms with Crippen molar-refractivity contribution in [2.24, 2.45) is 5.73 Å². The molecule has 1 saturated heterocycles. The van der Waals surface area contributed by atoms with Crippen LogP contribution in [0, 0.1) is 0 Å². The summed E-state index contributed by atoms with van der Waals surface area (Å²) < 4.78 is 5.04. The Morgan fingerprint density at radius 3 is 2.50 bits per heavy atom. The summed E-state index contributed by atoms with van der Waals surface area (Å²) in [4.78, 5) is 15.2. The summed E-state index contributed by atoms with van der Waals surface area (Å²) in [6.45, 7) is 6.80. The lowest BCUT2D eigenvalue weighted by atomic mass is 10.3. The summed E-state index contributed by atoms with van der Waals surface area (Å²) in [5.41, 5.74) is 5.02. The van der Waals surface area contributed by atoms with Crippen LogP contribution in [0.25, 0.3) is 0 Å². The average molecular weight is 227 g/mol. The SMILES string of the molecule is COCCN1CCN(C/C=C/C(N)=O)CC1. The molecule has 5 nitrogen and oxygen atoms in total. The van der Waals surface area contributed by atoms with E-state index in [1.54, 1.807) is 7.11 Å². The standard InChI is InChI=1S/C11H21N3O2/c1-16-10-9-14-7-5-13(6-8-14)4-2-3-11(12)15/h2-3H,4-10H2,1H3,(H2,12,15)/b3-2+. The van der Waals surface area contributed by atoms with Gasteiger partial charge in [0.15, 0.2) is 0 Å². The Morgan fingerprint density at radius 1 is 1.31 bits per heavy atom. The molecule has 0 aromatic rings. The van der Waals surface area contributed by atoms with Gasteiger partial charge in [0.1, 0.15) is 0 Å². The summed E-state index contributed by atoms with van der Waals surface area (Å²) in [5.74, 6) is -0.376. The molecule has 1 aliphatic heterocycles. The van der Waals surface area contributed by atoms with Crippen molar-refractivity contribution in [3.8, 4) is 0 Å². The van der Waals surface area contributed by atoms with Crippen LogP contribution in [0.4, 0.5) is 0 Å². The number of primary amides is 1. The van der Waals surface area contributed by atoms with Crippen LogP contribution in [-0.2, 0) is 9.53 Å². The van der Waals surface area contributed by atoms with Crippen molar-refractivity contribution < 1.29 is 9.53 Å². The zero-order chi connectivity index (χ0) is 11.8. The highest BCUT2D eigenvalue weighted by Gasteiger charge is 2.14. The van der Waals surface area contributed by atoms with Gasteiger partial charge in [-0.25, -0.2) is 0 Å². The van der Waals surface area contributed by atoms with E-state index in [1.807, 2.05) is 6.08 Å². The minimum absolute atomic E-state index is 0.376. The van der Waals surface area contributed by atoms with Crippen LogP contribution in [0.5, 0.6) is 0 Å². The van der Waals surface area contributed by atoms with E-state index in [0.717, 1.165) is 45.9 Å². The van der Waals surface area contributed by atoms with Gasteiger partial charge in [-0.2, -0.15) is 0 Å². The minimum Gasteiger partial charge on any atom is -0.383 e. The fraction of sp³-hybridized carbons (Fsp3) is 0.727. The first-order valence-corrected chi connectivity index (χ1v) is 5.62. The summed E-state index contributed by atoms with van der Waals surface area (Å²) >= 11 is 0. The van der Waals surface area contributed by atoms with Gasteiger partial charge >= 0.3 is 0 Å². The molecule has 1 aliphatic rings. The molecule has 0 bridgehead atoms. The predicted octanol–water partition coefficient (Wildman–Crippen LogP) is -0.708. The van der Waals surface area contributed by atoms with E-state index in [2.05, 4.69) is 9.80 Å². The van der Waals surface area contributed by atoms with Gasteiger partial charge in [0, 0.05) is 46.4 Å². The van der Waals surface area contributed by atoms with Crippen LogP contribution in [0.2, 0.25) is 0 Å². The largest absolute Gasteiger partial charge is 0.383 e. The Balaban J connectivity index is 2.14. The molecule has 0 aromatic heterocycles. The van der Waals surface area contributed by atoms with Gasteiger partial charge in [-0.15, -0.1) is 0 Å². The molecule has 0 radical (unpaired) electrons. The van der Waals surface area contributed by atoms with E-state index in [-0.39, 0.29) is 5.91 Å². The predicted molar refractivity (Wildman–Crippen MR) is 63.1 cm³/mol. The lowest BCUT2D eigenvalue weighted by molar-refractivity contribution is -0.113. The normalized spacial score (nSPS) is 19.3. The molecule has 0 saturated carbocycles. The molecule has 0 aliphatic carbocycles. The van der Waals surface area contributed by atoms with Crippen LogP contribution >= 0.6 is 0 Å². The van der Waals surface area contributed by atoms with Crippen LogP contribution < -0.4 is 5.73 Å². The minimum atomic E-state index is -0.376. The number of methoxy groups -OCH3 is 1. The second kappa shape index (κ2) is 7.38. The molecule has 1 heterocycles. The number of hydrogen-bond acceptors (Lipinski definition) is 4. The van der Waals surface area contributed by atoms with E-state index < -0.39 is 0 Å². The molecule has 1 fully saturated rings. The van der Waals surface area contributed by atoms with E-state index in [0.29, 0.717) is 0 Å². The number of carbonyl (C=O) groups excluding carboxylic acids is 1. The fourth-order valence-corrected chi connectivity index (χ4v) is 1.73. The van der Waals surface area contributed by atoms with Gasteiger partial charge in [0.25, 0.3) is 0 Å². The van der Waals surface area contributed by atoms with Gasteiger partial charge in [0.2, 0.25) is 5.91 Å². The van der Waals surface area contributed by atoms with E-state index >= 15 is 0 Å². The molecular weight excluding hydrogens is 206 g/mol. The molecule has 0 spiro atoms. The third-order valence-corrected chi connectivity index (χ3v) is 2.72. The number of piperazine rings is 1. The Hall–Kier alpha value is -0.910. The number of amides is 1. The maximum absolute atomic E-state index is 10.5. The lowest BCUT2D eigenvalue weighted by Crippen LogP contribution is -2.47. The third kappa shape index (κ3) is 5.25. The second-order valence-corrected chi connectivity index (χ2v) is 3.94. The summed E-state index contributed by atoms with van der Waals surface area (Å²) in [7, 11) is 1.73. The topological polar surface area (TPSA) is 58.8 Å². The smallest absolute Gasteiger partial charge is 0.241 e. The van der Waals surface area contributed by atoms with Crippen molar-refractivity contribution in [1.29, 1.82) is 0 Å². The maximum Gasteiger partial charge on any atom is 0.241 e. The van der Waals surface area contributed by atoms with E-state index in [9.17, 15) is 4.79 Å². The number of ether oxygens (including phenoxy) is 1. The van der Waals surface area contributed by atoms with Crippen molar-refractivity contribution in [3.05, 3.63) is 12.2 Å². The lowest BCUT2D eigenvalue weighted by Gasteiger charge is -2.33. The first-order valence-electron chi connectivity index (χ1n) is 5.62. The van der Waals surface area contributed by atoms with Gasteiger partial charge in [-0.05, 0) is 6.08 Å². The van der Waals surface area contributed by atoms with Gasteiger partial charge < -0.3 is 10.5 Å².